The summed E-state index contributed by atoms with van der Waals surface area (Å²) in [6.07, 6.45) is 0.273. The van der Waals surface area contributed by atoms with Gasteiger partial charge in [-0.25, -0.2) is 9.59 Å². The highest BCUT2D eigenvalue weighted by atomic mass is 16.7. The van der Waals surface area contributed by atoms with Crippen molar-refractivity contribution in [2.24, 2.45) is 5.92 Å². The van der Waals surface area contributed by atoms with Crippen LogP contribution in [0.25, 0.3) is 11.1 Å². The van der Waals surface area contributed by atoms with Crippen LogP contribution in [0.5, 0.6) is 11.5 Å². The summed E-state index contributed by atoms with van der Waals surface area (Å²) in [6, 6.07) is 36.6. The van der Waals surface area contributed by atoms with Crippen molar-refractivity contribution in [1.82, 2.24) is 15.5 Å². The second-order valence-corrected chi connectivity index (χ2v) is 15.2. The number of amides is 2. The molecule has 0 spiro atoms. The number of carbonyl (C=O) groups excluding carboxylic acids is 2. The first-order valence-electron chi connectivity index (χ1n) is 20.1. The molecule has 5 unspecified atom stereocenters. The zero-order valence-electron chi connectivity index (χ0n) is 34.1. The van der Waals surface area contributed by atoms with E-state index in [-0.39, 0.29) is 31.3 Å². The predicted molar refractivity (Wildman–Crippen MR) is 225 cm³/mol. The van der Waals surface area contributed by atoms with Gasteiger partial charge in [-0.2, -0.15) is 0 Å². The Hall–Kier alpha value is -5.72. The van der Waals surface area contributed by atoms with Crippen LogP contribution in [-0.2, 0) is 51.5 Å². The number of hydrogen-bond acceptors (Lipinski definition) is 9. The number of rotatable bonds is 14. The highest BCUT2D eigenvalue weighted by molar-refractivity contribution is 5.83. The lowest BCUT2D eigenvalue weighted by atomic mass is 9.89. The summed E-state index contributed by atoms with van der Waals surface area (Å²) < 4.78 is 29.7. The minimum absolute atomic E-state index is 0.0173. The molecule has 308 valence electrons. The number of fused-ring (bicyclic) bond motifs is 1. The monoisotopic (exact) mass is 799 g/mol. The van der Waals surface area contributed by atoms with Crippen molar-refractivity contribution in [1.29, 1.82) is 0 Å². The van der Waals surface area contributed by atoms with Gasteiger partial charge < -0.3 is 39.4 Å². The van der Waals surface area contributed by atoms with Gasteiger partial charge >= 0.3 is 12.0 Å². The number of carbonyl (C=O) groups is 2. The molecule has 5 aromatic rings. The quantitative estimate of drug-likeness (QED) is 0.0993. The lowest BCUT2D eigenvalue weighted by Gasteiger charge is -2.43. The summed E-state index contributed by atoms with van der Waals surface area (Å²) >= 11 is 0. The van der Waals surface area contributed by atoms with E-state index in [0.717, 1.165) is 76.5 Å². The smallest absolute Gasteiger partial charge is 0.328 e. The summed E-state index contributed by atoms with van der Waals surface area (Å²) in [5.74, 6) is 1.02. The number of benzene rings is 5. The Kier molecular flexibility index (Phi) is 13.6. The van der Waals surface area contributed by atoms with Crippen molar-refractivity contribution in [2.75, 3.05) is 34.4 Å². The van der Waals surface area contributed by atoms with Gasteiger partial charge in [0.15, 0.2) is 17.8 Å². The molecule has 5 atom stereocenters. The number of methoxy groups -OCH3 is 3. The molecule has 2 aliphatic rings. The minimum Gasteiger partial charge on any atom is -0.493 e. The molecule has 0 aliphatic carbocycles. The fourth-order valence-electron chi connectivity index (χ4n) is 7.95. The van der Waals surface area contributed by atoms with Gasteiger partial charge in [0.05, 0.1) is 40.1 Å². The molecular formula is C48H53N3O8. The SMILES string of the molecule is COC(=O)C(Cc1ccccc1)NC(=O)NCc1cccc(-c2ccc(C3OC(CN4CCc5cc(OC)c(OC)cc5C4)C(C)C(c4ccc(CO)cc4)O3)cc2)c1. The molecule has 2 amide bonds. The number of ether oxygens (including phenoxy) is 5. The minimum atomic E-state index is -0.818. The number of aliphatic hydroxyl groups excluding tert-OH is 1. The Balaban J connectivity index is 1.03. The van der Waals surface area contributed by atoms with E-state index in [2.05, 4.69) is 46.7 Å². The Morgan fingerprint density at radius 2 is 1.47 bits per heavy atom. The summed E-state index contributed by atoms with van der Waals surface area (Å²) in [5.41, 5.74) is 9.12. The van der Waals surface area contributed by atoms with E-state index in [1.165, 1.54) is 18.2 Å². The highest BCUT2D eigenvalue weighted by Gasteiger charge is 2.39. The molecule has 5 aromatic carbocycles. The molecule has 11 heteroatoms. The van der Waals surface area contributed by atoms with Gasteiger partial charge in [0, 0.05) is 44.1 Å². The second kappa shape index (κ2) is 19.4. The standard InChI is InChI=1S/C48H53N3O8/c1-31-44(29-51-22-21-39-25-42(55-2)43(56-3)26-40(39)28-51)58-47(59-45(31)36-15-13-33(30-52)14-16-36)37-19-17-35(18-20-37)38-12-8-11-34(23-38)27-49-48(54)50-41(46(53)57-4)24-32-9-6-5-7-10-32/h5-20,23,25-26,31,41,44-45,47,52H,21-22,24,27-30H2,1-4H3,(H2,49,50,54). The van der Waals surface area contributed by atoms with Gasteiger partial charge in [-0.3, -0.25) is 4.90 Å². The molecule has 1 fully saturated rings. The topological polar surface area (TPSA) is 128 Å². The number of nitrogens with zero attached hydrogens (tertiary/aromatic N) is 1. The van der Waals surface area contributed by atoms with E-state index in [1.807, 2.05) is 91.0 Å². The molecule has 0 saturated carbocycles. The third-order valence-electron chi connectivity index (χ3n) is 11.3. The number of urea groups is 1. The van der Waals surface area contributed by atoms with E-state index in [1.54, 1.807) is 14.2 Å². The van der Waals surface area contributed by atoms with Crippen LogP contribution >= 0.6 is 0 Å². The van der Waals surface area contributed by atoms with Crippen LogP contribution in [0.4, 0.5) is 4.79 Å². The fraction of sp³-hybridized carbons (Fsp3) is 0.333. The van der Waals surface area contributed by atoms with E-state index < -0.39 is 24.3 Å². The zero-order valence-corrected chi connectivity index (χ0v) is 34.1. The summed E-state index contributed by atoms with van der Waals surface area (Å²) in [5, 5.41) is 15.3. The molecule has 11 nitrogen and oxygen atoms in total. The summed E-state index contributed by atoms with van der Waals surface area (Å²) in [7, 11) is 4.65. The van der Waals surface area contributed by atoms with E-state index in [4.69, 9.17) is 23.7 Å². The van der Waals surface area contributed by atoms with Crippen LogP contribution in [0.15, 0.2) is 115 Å². The Bertz CT molecular complexity index is 2180. The molecule has 0 radical (unpaired) electrons. The first-order valence-corrected chi connectivity index (χ1v) is 20.1. The normalized spacial score (nSPS) is 19.5. The predicted octanol–water partition coefficient (Wildman–Crippen LogP) is 7.30. The average molecular weight is 800 g/mol. The molecule has 2 heterocycles. The Morgan fingerprint density at radius 3 is 2.17 bits per heavy atom. The van der Waals surface area contributed by atoms with Gasteiger partial charge in [-0.1, -0.05) is 104 Å². The van der Waals surface area contributed by atoms with Crippen molar-refractivity contribution in [3.8, 4) is 22.6 Å². The average Bonchev–Trinajstić information content (AvgIpc) is 3.28. The molecular weight excluding hydrogens is 747 g/mol. The van der Waals surface area contributed by atoms with Crippen molar-refractivity contribution >= 4 is 12.0 Å². The first-order chi connectivity index (χ1) is 28.7. The van der Waals surface area contributed by atoms with Crippen LogP contribution in [0.3, 0.4) is 0 Å². The molecule has 0 aromatic heterocycles. The summed E-state index contributed by atoms with van der Waals surface area (Å²) in [4.78, 5) is 27.8. The van der Waals surface area contributed by atoms with Crippen LogP contribution in [0.2, 0.25) is 0 Å². The molecule has 3 N–H and O–H groups in total. The van der Waals surface area contributed by atoms with E-state index in [0.29, 0.717) is 6.42 Å². The molecule has 2 aliphatic heterocycles. The molecule has 7 rings (SSSR count). The van der Waals surface area contributed by atoms with Crippen molar-refractivity contribution < 1.29 is 38.4 Å². The number of hydrogen-bond donors (Lipinski definition) is 3. The Labute approximate surface area is 346 Å². The van der Waals surface area contributed by atoms with Crippen LogP contribution in [0, 0.1) is 5.92 Å². The second-order valence-electron chi connectivity index (χ2n) is 15.2. The van der Waals surface area contributed by atoms with Gasteiger partial charge in [0.2, 0.25) is 0 Å². The maximum Gasteiger partial charge on any atom is 0.328 e. The van der Waals surface area contributed by atoms with Crippen molar-refractivity contribution in [3.63, 3.8) is 0 Å². The van der Waals surface area contributed by atoms with Gasteiger partial charge in [0.25, 0.3) is 0 Å². The van der Waals surface area contributed by atoms with E-state index >= 15 is 0 Å². The van der Waals surface area contributed by atoms with Gasteiger partial charge in [-0.05, 0) is 69.1 Å². The van der Waals surface area contributed by atoms with Crippen LogP contribution in [-0.4, -0.2) is 68.6 Å². The van der Waals surface area contributed by atoms with Crippen molar-refractivity contribution in [2.45, 2.75) is 64.0 Å². The highest BCUT2D eigenvalue weighted by Crippen LogP contribution is 2.43. The number of esters is 1. The summed E-state index contributed by atoms with van der Waals surface area (Å²) in [6.45, 7) is 4.84. The molecule has 1 saturated heterocycles. The lowest BCUT2D eigenvalue weighted by Crippen LogP contribution is -2.47. The van der Waals surface area contributed by atoms with Gasteiger partial charge in [0.1, 0.15) is 6.04 Å². The van der Waals surface area contributed by atoms with Crippen LogP contribution in [0.1, 0.15) is 58.3 Å². The van der Waals surface area contributed by atoms with E-state index in [9.17, 15) is 14.7 Å². The third-order valence-corrected chi connectivity index (χ3v) is 11.3. The van der Waals surface area contributed by atoms with Crippen LogP contribution < -0.4 is 20.1 Å². The van der Waals surface area contributed by atoms with Gasteiger partial charge in [-0.15, -0.1) is 0 Å². The maximum atomic E-state index is 12.9. The molecule has 0 bridgehead atoms. The Morgan fingerprint density at radius 1 is 0.780 bits per heavy atom. The number of nitrogens with one attached hydrogen (secondary N) is 2. The third kappa shape index (κ3) is 10.1. The maximum absolute atomic E-state index is 12.9. The first kappa shape index (κ1) is 41.4. The largest absolute Gasteiger partial charge is 0.493 e. The van der Waals surface area contributed by atoms with Crippen molar-refractivity contribution in [3.05, 3.63) is 154 Å². The molecule has 59 heavy (non-hydrogen) atoms. The lowest BCUT2D eigenvalue weighted by molar-refractivity contribution is -0.276. The zero-order chi connectivity index (χ0) is 41.3. The fourth-order valence-corrected chi connectivity index (χ4v) is 7.95. The number of aliphatic hydroxyl groups is 1.